The Balaban J connectivity index is 3.10. The van der Waals surface area contributed by atoms with Crippen molar-refractivity contribution in [3.05, 3.63) is 34.9 Å². The first-order chi connectivity index (χ1) is 7.77. The summed E-state index contributed by atoms with van der Waals surface area (Å²) in [5, 5.41) is 9.51. The largest absolute Gasteiger partial charge is 0.467 e. The number of aliphatic hydroxyl groups excluding tert-OH is 1. The Kier molecular flexibility index (Phi) is 3.77. The third-order valence-electron chi connectivity index (χ3n) is 2.32. The van der Waals surface area contributed by atoms with Crippen LogP contribution in [0.1, 0.15) is 22.8 Å². The molecule has 1 aromatic rings. The number of rotatable bonds is 2. The third kappa shape index (κ3) is 2.97. The number of alkyl halides is 3. The highest BCUT2D eigenvalue weighted by Crippen LogP contribution is 2.31. The lowest BCUT2D eigenvalue weighted by atomic mass is 10.0. The first kappa shape index (κ1) is 13.5. The highest BCUT2D eigenvalue weighted by atomic mass is 19.4. The van der Waals surface area contributed by atoms with E-state index >= 15 is 0 Å². The predicted molar refractivity (Wildman–Crippen MR) is 53.2 cm³/mol. The number of esters is 1. The zero-order chi connectivity index (χ0) is 13.2. The summed E-state index contributed by atoms with van der Waals surface area (Å²) in [6, 6.07) is 2.76. The summed E-state index contributed by atoms with van der Waals surface area (Å²) < 4.78 is 41.4. The molecule has 1 unspecified atom stereocenters. The minimum atomic E-state index is -4.44. The third-order valence-corrected chi connectivity index (χ3v) is 2.32. The van der Waals surface area contributed by atoms with Crippen LogP contribution in [0, 0.1) is 6.92 Å². The van der Waals surface area contributed by atoms with Gasteiger partial charge in [-0.15, -0.1) is 0 Å². The molecule has 17 heavy (non-hydrogen) atoms. The number of benzene rings is 1. The van der Waals surface area contributed by atoms with Gasteiger partial charge in [0, 0.05) is 0 Å². The molecule has 0 amide bonds. The Morgan fingerprint density at radius 2 is 2.00 bits per heavy atom. The molecule has 94 valence electrons. The number of hydrogen-bond donors (Lipinski definition) is 1. The number of ether oxygens (including phenoxy) is 1. The summed E-state index contributed by atoms with van der Waals surface area (Å²) in [7, 11) is 1.09. The molecule has 0 aliphatic rings. The molecular weight excluding hydrogens is 237 g/mol. The maximum atomic E-state index is 12.4. The van der Waals surface area contributed by atoms with E-state index in [1.807, 2.05) is 0 Å². The van der Waals surface area contributed by atoms with Gasteiger partial charge in [-0.2, -0.15) is 13.2 Å². The van der Waals surface area contributed by atoms with E-state index in [9.17, 15) is 23.1 Å². The van der Waals surface area contributed by atoms with E-state index in [-0.39, 0.29) is 11.1 Å². The van der Waals surface area contributed by atoms with Crippen LogP contribution in [-0.4, -0.2) is 18.2 Å². The minimum Gasteiger partial charge on any atom is -0.467 e. The summed E-state index contributed by atoms with van der Waals surface area (Å²) in [4.78, 5) is 11.1. The molecule has 1 N–H and O–H groups in total. The van der Waals surface area contributed by atoms with Crippen molar-refractivity contribution in [1.82, 2.24) is 0 Å². The Morgan fingerprint density at radius 1 is 1.41 bits per heavy atom. The van der Waals surface area contributed by atoms with Crippen LogP contribution in [0.3, 0.4) is 0 Å². The topological polar surface area (TPSA) is 46.5 Å². The molecule has 3 nitrogen and oxygen atoms in total. The number of aryl methyl sites for hydroxylation is 1. The van der Waals surface area contributed by atoms with Crippen molar-refractivity contribution >= 4 is 5.97 Å². The van der Waals surface area contributed by atoms with Crippen LogP contribution < -0.4 is 0 Å². The fourth-order valence-corrected chi connectivity index (χ4v) is 1.40. The summed E-state index contributed by atoms with van der Waals surface area (Å²) in [6.07, 6.45) is -6.01. The minimum absolute atomic E-state index is 0.102. The molecule has 1 rings (SSSR count). The number of hydrogen-bond acceptors (Lipinski definition) is 3. The van der Waals surface area contributed by atoms with Gasteiger partial charge in [0.05, 0.1) is 12.7 Å². The summed E-state index contributed by atoms with van der Waals surface area (Å²) in [5.74, 6) is -0.909. The Morgan fingerprint density at radius 3 is 2.41 bits per heavy atom. The van der Waals surface area contributed by atoms with Crippen molar-refractivity contribution < 1.29 is 27.8 Å². The van der Waals surface area contributed by atoms with Crippen LogP contribution in [0.5, 0.6) is 0 Å². The molecule has 0 bridgehead atoms. The van der Waals surface area contributed by atoms with Crippen LogP contribution in [0.15, 0.2) is 18.2 Å². The molecule has 0 saturated carbocycles. The van der Waals surface area contributed by atoms with Gasteiger partial charge in [-0.05, 0) is 30.2 Å². The molecule has 0 aromatic heterocycles. The van der Waals surface area contributed by atoms with Gasteiger partial charge in [0.15, 0.2) is 6.10 Å². The van der Waals surface area contributed by atoms with Crippen LogP contribution in [-0.2, 0) is 15.7 Å². The molecular formula is C11H11F3O3. The molecule has 1 atom stereocenters. The van der Waals surface area contributed by atoms with Crippen molar-refractivity contribution in [2.24, 2.45) is 0 Å². The van der Waals surface area contributed by atoms with E-state index in [1.165, 1.54) is 6.92 Å². The molecule has 1 aromatic carbocycles. The average Bonchev–Trinajstić information content (AvgIpc) is 2.25. The van der Waals surface area contributed by atoms with E-state index in [2.05, 4.69) is 4.74 Å². The molecule has 0 aliphatic carbocycles. The van der Waals surface area contributed by atoms with Gasteiger partial charge in [0.25, 0.3) is 0 Å². The Hall–Kier alpha value is -1.56. The maximum absolute atomic E-state index is 12.4. The van der Waals surface area contributed by atoms with E-state index in [4.69, 9.17) is 0 Å². The number of carbonyl (C=O) groups is 1. The van der Waals surface area contributed by atoms with Crippen LogP contribution in [0.25, 0.3) is 0 Å². The first-order valence-corrected chi connectivity index (χ1v) is 4.71. The lowest BCUT2D eigenvalue weighted by Gasteiger charge is -2.14. The van der Waals surface area contributed by atoms with Gasteiger partial charge < -0.3 is 9.84 Å². The molecule has 0 radical (unpaired) electrons. The highest BCUT2D eigenvalue weighted by Gasteiger charge is 2.31. The molecule has 0 aliphatic heterocycles. The SMILES string of the molecule is COC(=O)C(O)c1ccc(C(F)(F)F)cc1C. The second-order valence-corrected chi connectivity index (χ2v) is 3.49. The lowest BCUT2D eigenvalue weighted by molar-refractivity contribution is -0.150. The second-order valence-electron chi connectivity index (χ2n) is 3.49. The van der Waals surface area contributed by atoms with Gasteiger partial charge in [-0.25, -0.2) is 4.79 Å². The summed E-state index contributed by atoms with van der Waals surface area (Å²) in [5.41, 5.74) is -0.543. The normalized spacial score (nSPS) is 13.3. The number of carbonyl (C=O) groups excluding carboxylic acids is 1. The van der Waals surface area contributed by atoms with Crippen molar-refractivity contribution in [2.45, 2.75) is 19.2 Å². The summed E-state index contributed by atoms with van der Waals surface area (Å²) >= 11 is 0. The maximum Gasteiger partial charge on any atom is 0.416 e. The van der Waals surface area contributed by atoms with Gasteiger partial charge >= 0.3 is 12.1 Å². The molecule has 0 spiro atoms. The number of aliphatic hydroxyl groups is 1. The van der Waals surface area contributed by atoms with Crippen molar-refractivity contribution in [2.75, 3.05) is 7.11 Å². The first-order valence-electron chi connectivity index (χ1n) is 4.71. The van der Waals surface area contributed by atoms with E-state index < -0.39 is 23.8 Å². The van der Waals surface area contributed by atoms with Crippen LogP contribution >= 0.6 is 0 Å². The molecule has 0 heterocycles. The van der Waals surface area contributed by atoms with Gasteiger partial charge in [0.2, 0.25) is 0 Å². The zero-order valence-electron chi connectivity index (χ0n) is 9.21. The lowest BCUT2D eigenvalue weighted by Crippen LogP contribution is -2.15. The van der Waals surface area contributed by atoms with Crippen molar-refractivity contribution in [1.29, 1.82) is 0 Å². The number of methoxy groups -OCH3 is 1. The van der Waals surface area contributed by atoms with Gasteiger partial charge in [0.1, 0.15) is 0 Å². The van der Waals surface area contributed by atoms with E-state index in [0.717, 1.165) is 25.3 Å². The Labute approximate surface area is 95.8 Å². The molecule has 0 fully saturated rings. The highest BCUT2D eigenvalue weighted by molar-refractivity contribution is 5.76. The summed E-state index contributed by atoms with van der Waals surface area (Å²) in [6.45, 7) is 1.39. The van der Waals surface area contributed by atoms with E-state index in [0.29, 0.717) is 0 Å². The molecule has 0 saturated heterocycles. The van der Waals surface area contributed by atoms with Crippen molar-refractivity contribution in [3.8, 4) is 0 Å². The number of halogens is 3. The quantitative estimate of drug-likeness (QED) is 0.816. The van der Waals surface area contributed by atoms with Crippen LogP contribution in [0.2, 0.25) is 0 Å². The smallest absolute Gasteiger partial charge is 0.416 e. The average molecular weight is 248 g/mol. The van der Waals surface area contributed by atoms with Crippen molar-refractivity contribution in [3.63, 3.8) is 0 Å². The predicted octanol–water partition coefficient (Wildman–Crippen LogP) is 2.22. The zero-order valence-corrected chi connectivity index (χ0v) is 9.21. The fraction of sp³-hybridized carbons (Fsp3) is 0.364. The van der Waals surface area contributed by atoms with E-state index in [1.54, 1.807) is 0 Å². The monoisotopic (exact) mass is 248 g/mol. The fourth-order valence-electron chi connectivity index (χ4n) is 1.40. The standard InChI is InChI=1S/C11H11F3O3/c1-6-5-7(11(12,13)14)3-4-8(6)9(15)10(16)17-2/h3-5,9,15H,1-2H3. The Bertz CT molecular complexity index is 426. The second kappa shape index (κ2) is 4.75. The van der Waals surface area contributed by atoms with Gasteiger partial charge in [-0.3, -0.25) is 0 Å². The molecule has 6 heteroatoms. The van der Waals surface area contributed by atoms with Crippen LogP contribution in [0.4, 0.5) is 13.2 Å². The van der Waals surface area contributed by atoms with Gasteiger partial charge in [-0.1, -0.05) is 6.07 Å².